The number of aromatic amines is 1. The number of hydrogen-bond donors (Lipinski definition) is 1. The number of H-pyrrole nitrogens is 1. The summed E-state index contributed by atoms with van der Waals surface area (Å²) in [5.74, 6) is 1.10. The molecule has 0 aliphatic carbocycles. The Hall–Kier alpha value is -2.83. The monoisotopic (exact) mass is 392 g/mol. The Bertz CT molecular complexity index is 1260. The van der Waals surface area contributed by atoms with Crippen LogP contribution in [0.15, 0.2) is 70.6 Å². The van der Waals surface area contributed by atoms with E-state index < -0.39 is 0 Å². The molecule has 0 aliphatic rings. The molecule has 0 spiro atoms. The van der Waals surface area contributed by atoms with E-state index in [1.165, 1.54) is 11.8 Å². The fourth-order valence-corrected chi connectivity index (χ4v) is 4.17. The molecule has 5 nitrogen and oxygen atoms in total. The molecule has 1 N–H and O–H groups in total. The quantitative estimate of drug-likeness (QED) is 0.396. The van der Waals surface area contributed by atoms with E-state index in [-0.39, 0.29) is 0 Å². The smallest absolute Gasteiger partial charge is 0.277 e. The van der Waals surface area contributed by atoms with Crippen LogP contribution < -0.4 is 0 Å². The first-order chi connectivity index (χ1) is 13.3. The molecule has 0 saturated heterocycles. The Labute approximate surface area is 163 Å². The van der Waals surface area contributed by atoms with Gasteiger partial charge in [0.05, 0.1) is 11.1 Å². The number of nitrogens with zero attached hydrogens (tertiary/aromatic N) is 3. The van der Waals surface area contributed by atoms with Gasteiger partial charge < -0.3 is 9.40 Å². The molecule has 3 heterocycles. The summed E-state index contributed by atoms with van der Waals surface area (Å²) in [4.78, 5) is 7.69. The summed E-state index contributed by atoms with van der Waals surface area (Å²) in [6.45, 7) is 0. The maximum absolute atomic E-state index is 6.40. The van der Waals surface area contributed by atoms with Crippen molar-refractivity contribution >= 4 is 45.2 Å². The number of pyridine rings is 1. The van der Waals surface area contributed by atoms with Gasteiger partial charge in [-0.3, -0.25) is 4.98 Å². The van der Waals surface area contributed by atoms with E-state index in [9.17, 15) is 0 Å². The Morgan fingerprint density at radius 1 is 1.04 bits per heavy atom. The number of hydrogen-bond acceptors (Lipinski definition) is 5. The summed E-state index contributed by atoms with van der Waals surface area (Å²) < 4.78 is 5.87. The first kappa shape index (κ1) is 16.4. The van der Waals surface area contributed by atoms with E-state index in [0.717, 1.165) is 32.9 Å². The molecule has 0 fully saturated rings. The lowest BCUT2D eigenvalue weighted by atomic mass is 10.1. The number of para-hydroxylation sites is 1. The van der Waals surface area contributed by atoms with Crippen molar-refractivity contribution in [2.45, 2.75) is 11.0 Å². The fraction of sp³-hybridized carbons (Fsp3) is 0.0500. The molecule has 0 saturated carbocycles. The zero-order valence-corrected chi connectivity index (χ0v) is 15.6. The van der Waals surface area contributed by atoms with E-state index in [4.69, 9.17) is 16.0 Å². The Kier molecular flexibility index (Phi) is 4.07. The van der Waals surface area contributed by atoms with Crippen LogP contribution in [0, 0.1) is 0 Å². The van der Waals surface area contributed by atoms with Crippen molar-refractivity contribution in [1.29, 1.82) is 0 Å². The normalized spacial score (nSPS) is 11.4. The van der Waals surface area contributed by atoms with Crippen molar-refractivity contribution in [3.8, 4) is 11.5 Å². The van der Waals surface area contributed by atoms with Gasteiger partial charge in [-0.1, -0.05) is 53.7 Å². The Morgan fingerprint density at radius 3 is 2.93 bits per heavy atom. The topological polar surface area (TPSA) is 67.6 Å². The second-order valence-corrected chi connectivity index (χ2v) is 7.34. The van der Waals surface area contributed by atoms with E-state index in [1.807, 2.05) is 54.7 Å². The number of rotatable bonds is 4. The zero-order chi connectivity index (χ0) is 18.2. The van der Waals surface area contributed by atoms with Gasteiger partial charge in [0, 0.05) is 45.0 Å². The van der Waals surface area contributed by atoms with E-state index >= 15 is 0 Å². The number of fused-ring (bicyclic) bond motifs is 2. The number of aromatic nitrogens is 4. The third kappa shape index (κ3) is 2.97. The molecule has 0 aliphatic heterocycles. The van der Waals surface area contributed by atoms with Gasteiger partial charge in [-0.2, -0.15) is 0 Å². The van der Waals surface area contributed by atoms with Crippen LogP contribution in [0.2, 0.25) is 5.02 Å². The molecule has 0 amide bonds. The predicted molar refractivity (Wildman–Crippen MR) is 108 cm³/mol. The summed E-state index contributed by atoms with van der Waals surface area (Å²) in [6.07, 6.45) is 3.66. The molecule has 0 bridgehead atoms. The van der Waals surface area contributed by atoms with Crippen LogP contribution in [0.4, 0.5) is 0 Å². The molecule has 5 aromatic rings. The molecule has 3 aromatic heterocycles. The maximum atomic E-state index is 6.40. The van der Waals surface area contributed by atoms with Crippen LogP contribution in [0.1, 0.15) is 5.56 Å². The van der Waals surface area contributed by atoms with E-state index in [1.54, 1.807) is 6.20 Å². The van der Waals surface area contributed by atoms with E-state index in [0.29, 0.717) is 21.9 Å². The molecule has 7 heteroatoms. The third-order valence-corrected chi connectivity index (χ3v) is 5.59. The van der Waals surface area contributed by atoms with Gasteiger partial charge in [0.1, 0.15) is 0 Å². The molecule has 132 valence electrons. The highest BCUT2D eigenvalue weighted by Crippen LogP contribution is 2.33. The summed E-state index contributed by atoms with van der Waals surface area (Å²) >= 11 is 7.85. The molecule has 2 aromatic carbocycles. The lowest BCUT2D eigenvalue weighted by molar-refractivity contribution is 0.466. The van der Waals surface area contributed by atoms with Crippen LogP contribution in [-0.4, -0.2) is 20.2 Å². The number of nitrogens with one attached hydrogen (secondary N) is 1. The zero-order valence-electron chi connectivity index (χ0n) is 14.0. The summed E-state index contributed by atoms with van der Waals surface area (Å²) in [7, 11) is 0. The minimum absolute atomic E-state index is 0.497. The molecule has 27 heavy (non-hydrogen) atoms. The second kappa shape index (κ2) is 6.72. The predicted octanol–water partition coefficient (Wildman–Crippen LogP) is 5.71. The highest BCUT2D eigenvalue weighted by molar-refractivity contribution is 7.98. The molecular weight excluding hydrogens is 380 g/mol. The Balaban J connectivity index is 1.43. The number of benzene rings is 2. The van der Waals surface area contributed by atoms with Crippen molar-refractivity contribution in [2.24, 2.45) is 0 Å². The van der Waals surface area contributed by atoms with Crippen molar-refractivity contribution in [2.75, 3.05) is 0 Å². The van der Waals surface area contributed by atoms with Gasteiger partial charge in [0.15, 0.2) is 0 Å². The lowest BCUT2D eigenvalue weighted by Gasteiger charge is -2.06. The van der Waals surface area contributed by atoms with Crippen LogP contribution in [0.25, 0.3) is 33.3 Å². The SMILES string of the molecule is Clc1ccc2cccnc2c1CSc1nnc(-c2c[nH]c3ccccc23)o1. The van der Waals surface area contributed by atoms with Crippen LogP contribution >= 0.6 is 23.4 Å². The molecule has 5 rings (SSSR count). The average molecular weight is 393 g/mol. The minimum atomic E-state index is 0.497. The van der Waals surface area contributed by atoms with Gasteiger partial charge in [0.25, 0.3) is 11.1 Å². The Morgan fingerprint density at radius 2 is 1.96 bits per heavy atom. The summed E-state index contributed by atoms with van der Waals surface area (Å²) in [5, 5.41) is 11.7. The molecular formula is C20H13ClN4OS. The third-order valence-electron chi connectivity index (χ3n) is 4.39. The number of thioether (sulfide) groups is 1. The first-order valence-corrected chi connectivity index (χ1v) is 9.71. The molecule has 0 radical (unpaired) electrons. The van der Waals surface area contributed by atoms with Crippen LogP contribution in [-0.2, 0) is 5.75 Å². The van der Waals surface area contributed by atoms with Crippen molar-refractivity contribution < 1.29 is 4.42 Å². The van der Waals surface area contributed by atoms with Crippen LogP contribution in [0.5, 0.6) is 0 Å². The average Bonchev–Trinajstić information content (AvgIpc) is 3.34. The van der Waals surface area contributed by atoms with Crippen molar-refractivity contribution in [1.82, 2.24) is 20.2 Å². The summed E-state index contributed by atoms with van der Waals surface area (Å²) in [6, 6.07) is 15.8. The van der Waals surface area contributed by atoms with Gasteiger partial charge in [-0.05, 0) is 18.2 Å². The van der Waals surface area contributed by atoms with Gasteiger partial charge in [-0.25, -0.2) is 0 Å². The van der Waals surface area contributed by atoms with E-state index in [2.05, 4.69) is 20.2 Å². The van der Waals surface area contributed by atoms with Crippen molar-refractivity contribution in [3.63, 3.8) is 0 Å². The maximum Gasteiger partial charge on any atom is 0.277 e. The lowest BCUT2D eigenvalue weighted by Crippen LogP contribution is -1.89. The highest BCUT2D eigenvalue weighted by atomic mass is 35.5. The fourth-order valence-electron chi connectivity index (χ4n) is 3.08. The van der Waals surface area contributed by atoms with Crippen LogP contribution in [0.3, 0.4) is 0 Å². The highest BCUT2D eigenvalue weighted by Gasteiger charge is 2.15. The molecule has 0 atom stereocenters. The molecule has 0 unspecified atom stereocenters. The standard InChI is InChI=1S/C20H13ClN4OS/c21-16-8-7-12-4-3-9-22-18(12)15(16)11-27-20-25-24-19(26-20)14-10-23-17-6-2-1-5-13(14)17/h1-10,23H,11H2. The van der Waals surface area contributed by atoms with Crippen molar-refractivity contribution in [3.05, 3.63) is 71.5 Å². The largest absolute Gasteiger partial charge is 0.411 e. The van der Waals surface area contributed by atoms with Gasteiger partial charge in [-0.15, -0.1) is 10.2 Å². The first-order valence-electron chi connectivity index (χ1n) is 8.34. The minimum Gasteiger partial charge on any atom is -0.411 e. The van der Waals surface area contributed by atoms with Gasteiger partial charge in [0.2, 0.25) is 0 Å². The second-order valence-electron chi connectivity index (χ2n) is 6.01. The number of halogens is 1. The summed E-state index contributed by atoms with van der Waals surface area (Å²) in [5.41, 5.74) is 3.80. The van der Waals surface area contributed by atoms with Gasteiger partial charge >= 0.3 is 0 Å².